The van der Waals surface area contributed by atoms with Crippen LogP contribution in [0.5, 0.6) is 0 Å². The molecular weight excluding hydrogens is 443 g/mol. The molecule has 0 amide bonds. The highest BCUT2D eigenvalue weighted by molar-refractivity contribution is 5.69. The molecule has 1 saturated heterocycles. The first kappa shape index (κ1) is 25.9. The van der Waals surface area contributed by atoms with E-state index in [0.29, 0.717) is 26.2 Å². The van der Waals surface area contributed by atoms with E-state index in [2.05, 4.69) is 5.32 Å². The van der Waals surface area contributed by atoms with Crippen molar-refractivity contribution in [1.82, 2.24) is 20.0 Å². The van der Waals surface area contributed by atoms with E-state index >= 15 is 0 Å². The molecule has 1 aliphatic rings. The molecule has 0 saturated carbocycles. The van der Waals surface area contributed by atoms with Gasteiger partial charge in [-0.05, 0) is 0 Å². The van der Waals surface area contributed by atoms with Crippen molar-refractivity contribution in [2.45, 2.75) is 6.54 Å². The minimum absolute atomic E-state index is 0.0632. The second kappa shape index (κ2) is 12.0. The average molecular weight is 468 g/mol. The Balaban J connectivity index is 2.26. The van der Waals surface area contributed by atoms with Crippen molar-refractivity contribution >= 4 is 11.9 Å². The van der Waals surface area contributed by atoms with Crippen molar-refractivity contribution in [1.29, 1.82) is 0 Å². The normalized spacial score (nSPS) is 18.2. The standard InChI is InChI=1S/C19H25F5N4O4/c20-15-12(16(21)18(23)19(24)17(15)22)9-28-7-5-26(10-13(29)30)3-1-25-2-4-27(6-8-28)11-14(31)32/h25H,1-11H2,(H,29,30)(H,31,32). The molecule has 3 N–H and O–H groups in total. The smallest absolute Gasteiger partial charge is 0.317 e. The van der Waals surface area contributed by atoms with Gasteiger partial charge in [0.15, 0.2) is 23.3 Å². The molecule has 1 aromatic carbocycles. The second-order valence-electron chi connectivity index (χ2n) is 7.41. The number of hydrogen-bond donors (Lipinski definition) is 3. The summed E-state index contributed by atoms with van der Waals surface area (Å²) in [6.07, 6.45) is 0. The quantitative estimate of drug-likeness (QED) is 0.317. The lowest BCUT2D eigenvalue weighted by Gasteiger charge is -2.30. The molecule has 1 aromatic rings. The van der Waals surface area contributed by atoms with E-state index in [-0.39, 0.29) is 39.3 Å². The fraction of sp³-hybridized carbons (Fsp3) is 0.579. The predicted octanol–water partition coefficient (Wildman–Crippen LogP) is 0.561. The third-order valence-corrected chi connectivity index (χ3v) is 5.07. The Morgan fingerprint density at radius 3 is 1.44 bits per heavy atom. The molecule has 13 heteroatoms. The zero-order valence-corrected chi connectivity index (χ0v) is 17.2. The molecule has 0 unspecified atom stereocenters. The number of carbonyl (C=O) groups is 2. The van der Waals surface area contributed by atoms with E-state index < -0.39 is 53.1 Å². The predicted molar refractivity (Wildman–Crippen MR) is 103 cm³/mol. The fourth-order valence-corrected chi connectivity index (χ4v) is 3.37. The van der Waals surface area contributed by atoms with Gasteiger partial charge in [-0.15, -0.1) is 0 Å². The van der Waals surface area contributed by atoms with Crippen LogP contribution in [0.1, 0.15) is 5.56 Å². The largest absolute Gasteiger partial charge is 0.480 e. The maximum Gasteiger partial charge on any atom is 0.317 e. The summed E-state index contributed by atoms with van der Waals surface area (Å²) in [6, 6.07) is 0. The summed E-state index contributed by atoms with van der Waals surface area (Å²) in [7, 11) is 0. The van der Waals surface area contributed by atoms with E-state index in [9.17, 15) is 31.5 Å². The van der Waals surface area contributed by atoms with E-state index in [0.717, 1.165) is 0 Å². The molecule has 0 atom stereocenters. The molecule has 0 aromatic heterocycles. The minimum atomic E-state index is -2.25. The van der Waals surface area contributed by atoms with Crippen LogP contribution >= 0.6 is 0 Å². The summed E-state index contributed by atoms with van der Waals surface area (Å²) in [5.41, 5.74) is -0.996. The highest BCUT2D eigenvalue weighted by Crippen LogP contribution is 2.24. The number of halogens is 5. The number of carboxylic acid groups (broad SMARTS) is 2. The Kier molecular flexibility index (Phi) is 9.75. The molecule has 0 bridgehead atoms. The summed E-state index contributed by atoms with van der Waals surface area (Å²) in [5, 5.41) is 21.2. The van der Waals surface area contributed by atoms with E-state index in [1.54, 1.807) is 9.80 Å². The molecule has 8 nitrogen and oxygen atoms in total. The van der Waals surface area contributed by atoms with Crippen molar-refractivity contribution in [3.05, 3.63) is 34.6 Å². The first-order valence-electron chi connectivity index (χ1n) is 9.91. The third-order valence-electron chi connectivity index (χ3n) is 5.07. The maximum absolute atomic E-state index is 14.2. The van der Waals surface area contributed by atoms with Gasteiger partial charge in [-0.3, -0.25) is 24.3 Å². The van der Waals surface area contributed by atoms with Crippen LogP contribution in [0.15, 0.2) is 0 Å². The lowest BCUT2D eigenvalue weighted by molar-refractivity contribution is -0.139. The van der Waals surface area contributed by atoms with Crippen molar-refractivity contribution in [3.63, 3.8) is 0 Å². The summed E-state index contributed by atoms with van der Waals surface area (Å²) in [6.45, 7) is 0.755. The number of hydrogen-bond acceptors (Lipinski definition) is 6. The minimum Gasteiger partial charge on any atom is -0.480 e. The number of nitrogens with one attached hydrogen (secondary N) is 1. The Bertz CT molecular complexity index is 770. The van der Waals surface area contributed by atoms with Crippen LogP contribution in [0.3, 0.4) is 0 Å². The zero-order valence-electron chi connectivity index (χ0n) is 17.2. The van der Waals surface area contributed by atoms with Crippen molar-refractivity contribution in [2.75, 3.05) is 65.4 Å². The number of benzene rings is 1. The zero-order chi connectivity index (χ0) is 23.8. The number of carboxylic acids is 2. The Labute approximate surface area is 181 Å². The van der Waals surface area contributed by atoms with E-state index in [1.165, 1.54) is 4.90 Å². The van der Waals surface area contributed by atoms with Crippen LogP contribution in [0.25, 0.3) is 0 Å². The number of aliphatic carboxylic acids is 2. The summed E-state index contributed by atoms with van der Waals surface area (Å²) in [5.74, 6) is -12.3. The van der Waals surface area contributed by atoms with Crippen LogP contribution in [0.2, 0.25) is 0 Å². The van der Waals surface area contributed by atoms with Crippen molar-refractivity contribution in [2.24, 2.45) is 0 Å². The molecule has 1 heterocycles. The van der Waals surface area contributed by atoms with Crippen molar-refractivity contribution < 1.29 is 41.8 Å². The molecule has 1 aliphatic heterocycles. The van der Waals surface area contributed by atoms with Crippen LogP contribution in [0, 0.1) is 29.1 Å². The molecule has 2 rings (SSSR count). The second-order valence-corrected chi connectivity index (χ2v) is 7.41. The molecule has 1 fully saturated rings. The highest BCUT2D eigenvalue weighted by atomic mass is 19.2. The van der Waals surface area contributed by atoms with Crippen LogP contribution < -0.4 is 5.32 Å². The Morgan fingerprint density at radius 1 is 0.656 bits per heavy atom. The molecule has 0 radical (unpaired) electrons. The summed E-state index contributed by atoms with van der Waals surface area (Å²) >= 11 is 0. The Morgan fingerprint density at radius 2 is 1.03 bits per heavy atom. The fourth-order valence-electron chi connectivity index (χ4n) is 3.37. The first-order valence-corrected chi connectivity index (χ1v) is 9.91. The lowest BCUT2D eigenvalue weighted by Crippen LogP contribution is -2.46. The van der Waals surface area contributed by atoms with Gasteiger partial charge < -0.3 is 15.5 Å². The van der Waals surface area contributed by atoms with E-state index in [1.807, 2.05) is 0 Å². The van der Waals surface area contributed by atoms with Gasteiger partial charge in [-0.25, -0.2) is 22.0 Å². The monoisotopic (exact) mass is 468 g/mol. The van der Waals surface area contributed by atoms with Crippen LogP contribution in [-0.4, -0.2) is 102 Å². The molecule has 32 heavy (non-hydrogen) atoms. The van der Waals surface area contributed by atoms with Crippen LogP contribution in [-0.2, 0) is 16.1 Å². The molecule has 0 spiro atoms. The first-order chi connectivity index (χ1) is 15.1. The SMILES string of the molecule is O=C(O)CN1CCNCCN(CC(=O)O)CCN(Cc2c(F)c(F)c(F)c(F)c2F)CC1. The molecule has 180 valence electrons. The van der Waals surface area contributed by atoms with Crippen LogP contribution in [0.4, 0.5) is 22.0 Å². The van der Waals surface area contributed by atoms with Gasteiger partial charge in [-0.2, -0.15) is 0 Å². The van der Waals surface area contributed by atoms with Gasteiger partial charge in [0.25, 0.3) is 0 Å². The third kappa shape index (κ3) is 7.36. The number of nitrogens with zero attached hydrogens (tertiary/aromatic N) is 3. The number of rotatable bonds is 6. The topological polar surface area (TPSA) is 96.3 Å². The van der Waals surface area contributed by atoms with Gasteiger partial charge in [0.2, 0.25) is 5.82 Å². The van der Waals surface area contributed by atoms with Gasteiger partial charge in [0, 0.05) is 64.5 Å². The lowest BCUT2D eigenvalue weighted by atomic mass is 10.1. The average Bonchev–Trinajstić information content (AvgIpc) is 2.72. The summed E-state index contributed by atoms with van der Waals surface area (Å²) < 4.78 is 68.9. The molecular formula is C19H25F5N4O4. The van der Waals surface area contributed by atoms with Gasteiger partial charge in [0.1, 0.15) is 0 Å². The highest BCUT2D eigenvalue weighted by Gasteiger charge is 2.27. The summed E-state index contributed by atoms with van der Waals surface area (Å²) in [4.78, 5) is 26.8. The van der Waals surface area contributed by atoms with Gasteiger partial charge in [0.05, 0.1) is 13.1 Å². The van der Waals surface area contributed by atoms with Gasteiger partial charge in [-0.1, -0.05) is 0 Å². The molecule has 0 aliphatic carbocycles. The van der Waals surface area contributed by atoms with Crippen molar-refractivity contribution in [3.8, 4) is 0 Å². The van der Waals surface area contributed by atoms with E-state index in [4.69, 9.17) is 10.2 Å². The Hall–Kier alpha value is -2.35. The van der Waals surface area contributed by atoms with Gasteiger partial charge >= 0.3 is 11.9 Å². The maximum atomic E-state index is 14.2.